The largest absolute Gasteiger partial charge is 0.317 e. The maximum Gasteiger partial charge on any atom is 0.279 e. The van der Waals surface area contributed by atoms with E-state index in [1.165, 1.54) is 17.1 Å². The highest BCUT2D eigenvalue weighted by Gasteiger charge is 2.36. The van der Waals surface area contributed by atoms with Crippen LogP contribution in [0, 0.1) is 0 Å². The van der Waals surface area contributed by atoms with Crippen molar-refractivity contribution in [3.63, 3.8) is 0 Å². The lowest BCUT2D eigenvalue weighted by atomic mass is 10.3. The highest BCUT2D eigenvalue weighted by Crippen LogP contribution is 2.29. The van der Waals surface area contributed by atoms with Crippen molar-refractivity contribution < 1.29 is 8.42 Å². The normalized spacial score (nSPS) is 24.6. The van der Waals surface area contributed by atoms with Gasteiger partial charge in [-0.2, -0.15) is 17.4 Å². The fraction of sp³-hybridized carbons (Fsp3) is 1.00. The number of hydrogen-bond donors (Lipinski definition) is 2. The number of nitrogens with zero attached hydrogens (tertiary/aromatic N) is 2. The summed E-state index contributed by atoms with van der Waals surface area (Å²) < 4.78 is 28.7. The van der Waals surface area contributed by atoms with Crippen molar-refractivity contribution in [1.82, 2.24) is 19.2 Å². The molecule has 2 fully saturated rings. The highest BCUT2D eigenvalue weighted by atomic mass is 32.2. The third kappa shape index (κ3) is 4.66. The molecule has 20 heavy (non-hydrogen) atoms. The van der Waals surface area contributed by atoms with Gasteiger partial charge in [-0.3, -0.25) is 4.90 Å². The molecule has 1 atom stereocenters. The van der Waals surface area contributed by atoms with Crippen LogP contribution in [0.15, 0.2) is 0 Å². The predicted molar refractivity (Wildman–Crippen MR) is 80.8 cm³/mol. The van der Waals surface area contributed by atoms with Crippen molar-refractivity contribution in [2.45, 2.75) is 44.7 Å². The summed E-state index contributed by atoms with van der Waals surface area (Å²) in [6.45, 7) is 6.29. The first-order valence-electron chi connectivity index (χ1n) is 7.71. The Morgan fingerprint density at radius 2 is 2.05 bits per heavy atom. The van der Waals surface area contributed by atoms with Crippen molar-refractivity contribution in [1.29, 1.82) is 0 Å². The van der Waals surface area contributed by atoms with Crippen LogP contribution in [0.3, 0.4) is 0 Å². The first-order valence-corrected chi connectivity index (χ1v) is 9.15. The molecule has 0 radical (unpaired) electrons. The lowest BCUT2D eigenvalue weighted by molar-refractivity contribution is 0.321. The van der Waals surface area contributed by atoms with Crippen LogP contribution >= 0.6 is 0 Å². The molecule has 1 heterocycles. The van der Waals surface area contributed by atoms with E-state index in [4.69, 9.17) is 0 Å². The van der Waals surface area contributed by atoms with Gasteiger partial charge in [-0.05, 0) is 38.8 Å². The van der Waals surface area contributed by atoms with E-state index in [0.717, 1.165) is 45.1 Å². The molecule has 1 saturated carbocycles. The molecule has 1 aliphatic heterocycles. The van der Waals surface area contributed by atoms with Gasteiger partial charge in [0, 0.05) is 38.8 Å². The Morgan fingerprint density at radius 1 is 1.30 bits per heavy atom. The van der Waals surface area contributed by atoms with Crippen molar-refractivity contribution in [3.05, 3.63) is 0 Å². The van der Waals surface area contributed by atoms with Crippen molar-refractivity contribution in [2.24, 2.45) is 0 Å². The zero-order chi connectivity index (χ0) is 14.6. The average molecular weight is 304 g/mol. The van der Waals surface area contributed by atoms with Crippen molar-refractivity contribution in [2.75, 3.05) is 39.8 Å². The maximum atomic E-state index is 12.2. The van der Waals surface area contributed by atoms with Gasteiger partial charge in [0.15, 0.2) is 0 Å². The molecule has 0 aromatic rings. The summed E-state index contributed by atoms with van der Waals surface area (Å²) in [5.41, 5.74) is 0. The summed E-state index contributed by atoms with van der Waals surface area (Å²) in [5.74, 6) is 0. The first kappa shape index (κ1) is 16.2. The number of hydrogen-bond acceptors (Lipinski definition) is 4. The van der Waals surface area contributed by atoms with Gasteiger partial charge in [-0.1, -0.05) is 6.92 Å². The Labute approximate surface area is 123 Å². The van der Waals surface area contributed by atoms with E-state index < -0.39 is 10.2 Å². The number of likely N-dealkylation sites (tertiary alicyclic amines) is 1. The zero-order valence-electron chi connectivity index (χ0n) is 12.6. The fourth-order valence-corrected chi connectivity index (χ4v) is 3.84. The molecule has 0 bridgehead atoms. The second-order valence-corrected chi connectivity index (χ2v) is 7.67. The van der Waals surface area contributed by atoms with E-state index in [0.29, 0.717) is 6.54 Å². The quantitative estimate of drug-likeness (QED) is 0.588. The monoisotopic (exact) mass is 304 g/mol. The van der Waals surface area contributed by atoms with E-state index in [-0.39, 0.29) is 6.04 Å². The summed E-state index contributed by atoms with van der Waals surface area (Å²) in [4.78, 5) is 2.42. The van der Waals surface area contributed by atoms with Crippen LogP contribution in [-0.4, -0.2) is 69.5 Å². The molecule has 6 nitrogen and oxygen atoms in total. The molecule has 1 saturated heterocycles. The summed E-state index contributed by atoms with van der Waals surface area (Å²) in [5, 5.41) is 3.20. The van der Waals surface area contributed by atoms with E-state index in [1.807, 2.05) is 6.92 Å². The van der Waals surface area contributed by atoms with E-state index in [9.17, 15) is 8.42 Å². The second-order valence-electron chi connectivity index (χ2n) is 5.86. The highest BCUT2D eigenvalue weighted by molar-refractivity contribution is 7.87. The second kappa shape index (κ2) is 7.17. The third-order valence-electron chi connectivity index (χ3n) is 4.09. The average Bonchev–Trinajstić information content (AvgIpc) is 3.15. The Bertz CT molecular complexity index is 397. The molecular weight excluding hydrogens is 276 g/mol. The molecule has 0 aromatic carbocycles. The van der Waals surface area contributed by atoms with Gasteiger partial charge >= 0.3 is 0 Å². The smallest absolute Gasteiger partial charge is 0.279 e. The van der Waals surface area contributed by atoms with Crippen LogP contribution in [0.25, 0.3) is 0 Å². The molecule has 0 aromatic heterocycles. The predicted octanol–water partition coefficient (Wildman–Crippen LogP) is -0.0111. The van der Waals surface area contributed by atoms with Crippen LogP contribution < -0.4 is 10.0 Å². The molecule has 2 rings (SSSR count). The van der Waals surface area contributed by atoms with Crippen LogP contribution in [-0.2, 0) is 10.2 Å². The Morgan fingerprint density at radius 3 is 2.70 bits per heavy atom. The van der Waals surface area contributed by atoms with E-state index >= 15 is 0 Å². The van der Waals surface area contributed by atoms with Gasteiger partial charge < -0.3 is 5.32 Å². The van der Waals surface area contributed by atoms with Gasteiger partial charge in [0.1, 0.15) is 0 Å². The van der Waals surface area contributed by atoms with Gasteiger partial charge in [-0.25, -0.2) is 0 Å². The fourth-order valence-electron chi connectivity index (χ4n) is 2.68. The van der Waals surface area contributed by atoms with Gasteiger partial charge in [0.2, 0.25) is 0 Å². The van der Waals surface area contributed by atoms with Gasteiger partial charge in [0.05, 0.1) is 0 Å². The Kier molecular flexibility index (Phi) is 5.80. The molecule has 118 valence electrons. The molecule has 1 aliphatic carbocycles. The molecule has 0 spiro atoms. The van der Waals surface area contributed by atoms with Crippen molar-refractivity contribution in [3.8, 4) is 0 Å². The third-order valence-corrected chi connectivity index (χ3v) is 5.72. The molecule has 2 N–H and O–H groups in total. The van der Waals surface area contributed by atoms with Crippen LogP contribution in [0.2, 0.25) is 0 Å². The summed E-state index contributed by atoms with van der Waals surface area (Å²) in [6.07, 6.45) is 4.33. The summed E-state index contributed by atoms with van der Waals surface area (Å²) in [6, 6.07) is 0.805. The Hall–Kier alpha value is -0.210. The molecule has 1 unspecified atom stereocenters. The van der Waals surface area contributed by atoms with Crippen LogP contribution in [0.5, 0.6) is 0 Å². The SMILES string of the molecule is CCNCCCN(C)S(=O)(=O)NC1CCN(C2CC2)C1. The minimum Gasteiger partial charge on any atom is -0.317 e. The molecular formula is C13H28N4O2S. The van der Waals surface area contributed by atoms with E-state index in [2.05, 4.69) is 14.9 Å². The molecule has 0 amide bonds. The zero-order valence-corrected chi connectivity index (χ0v) is 13.5. The number of nitrogens with one attached hydrogen (secondary N) is 2. The topological polar surface area (TPSA) is 64.7 Å². The lowest BCUT2D eigenvalue weighted by Gasteiger charge is -2.21. The standard InChI is InChI=1S/C13H28N4O2S/c1-3-14-8-4-9-16(2)20(18,19)15-12-7-10-17(11-12)13-5-6-13/h12-15H,3-11H2,1-2H3. The minimum absolute atomic E-state index is 0.0804. The van der Waals surface area contributed by atoms with E-state index in [1.54, 1.807) is 7.05 Å². The Balaban J connectivity index is 1.72. The van der Waals surface area contributed by atoms with Gasteiger partial charge in [-0.15, -0.1) is 0 Å². The van der Waals surface area contributed by atoms with Crippen LogP contribution in [0.1, 0.15) is 32.6 Å². The molecule has 7 heteroatoms. The molecule has 2 aliphatic rings. The van der Waals surface area contributed by atoms with Gasteiger partial charge in [0.25, 0.3) is 10.2 Å². The lowest BCUT2D eigenvalue weighted by Crippen LogP contribution is -2.45. The minimum atomic E-state index is -3.33. The maximum absolute atomic E-state index is 12.2. The van der Waals surface area contributed by atoms with Crippen molar-refractivity contribution >= 4 is 10.2 Å². The summed E-state index contributed by atoms with van der Waals surface area (Å²) >= 11 is 0. The van der Waals surface area contributed by atoms with Crippen LogP contribution in [0.4, 0.5) is 0 Å². The first-order chi connectivity index (χ1) is 9.53. The number of rotatable bonds is 9. The summed E-state index contributed by atoms with van der Waals surface area (Å²) in [7, 11) is -1.68.